The first-order chi connectivity index (χ1) is 14.7. The molecule has 1 aromatic heterocycles. The molecular formula is C22H19N3O4S. The number of thiazole rings is 1. The molecule has 0 unspecified atom stereocenters. The topological polar surface area (TPSA) is 89.6 Å². The van der Waals surface area contributed by atoms with Gasteiger partial charge in [0.2, 0.25) is 11.8 Å². The van der Waals surface area contributed by atoms with Crippen molar-refractivity contribution in [3.05, 3.63) is 71.2 Å². The van der Waals surface area contributed by atoms with Gasteiger partial charge in [-0.05, 0) is 23.8 Å². The van der Waals surface area contributed by atoms with Gasteiger partial charge in [-0.25, -0.2) is 4.98 Å². The van der Waals surface area contributed by atoms with E-state index in [0.717, 1.165) is 5.56 Å². The molecular weight excluding hydrogens is 402 g/mol. The molecule has 4 rings (SSSR count). The molecule has 0 saturated heterocycles. The number of ether oxygens (including phenoxy) is 2. The van der Waals surface area contributed by atoms with Crippen LogP contribution in [0.15, 0.2) is 60.0 Å². The molecule has 8 heteroatoms. The number of hydrogen-bond acceptors (Lipinski definition) is 6. The van der Waals surface area contributed by atoms with E-state index in [4.69, 9.17) is 9.47 Å². The second-order valence-electron chi connectivity index (χ2n) is 6.46. The smallest absolute Gasteiger partial charge is 0.250 e. The summed E-state index contributed by atoms with van der Waals surface area (Å²) in [5.41, 5.74) is 2.14. The van der Waals surface area contributed by atoms with E-state index in [0.29, 0.717) is 41.2 Å². The highest BCUT2D eigenvalue weighted by Gasteiger charge is 2.14. The number of amides is 2. The van der Waals surface area contributed by atoms with Gasteiger partial charge < -0.3 is 14.8 Å². The first-order valence-corrected chi connectivity index (χ1v) is 10.2. The van der Waals surface area contributed by atoms with Gasteiger partial charge in [-0.15, -0.1) is 11.3 Å². The van der Waals surface area contributed by atoms with Crippen LogP contribution in [0, 0.1) is 0 Å². The van der Waals surface area contributed by atoms with Crippen molar-refractivity contribution in [3.8, 4) is 11.5 Å². The number of nitrogens with zero attached hydrogens (tertiary/aromatic N) is 1. The molecule has 0 radical (unpaired) electrons. The third-order valence-electron chi connectivity index (χ3n) is 4.18. The van der Waals surface area contributed by atoms with E-state index in [2.05, 4.69) is 15.6 Å². The van der Waals surface area contributed by atoms with Gasteiger partial charge in [-0.1, -0.05) is 30.3 Å². The highest BCUT2D eigenvalue weighted by Crippen LogP contribution is 2.32. The van der Waals surface area contributed by atoms with Crippen molar-refractivity contribution in [3.63, 3.8) is 0 Å². The van der Waals surface area contributed by atoms with Gasteiger partial charge in [-0.2, -0.15) is 0 Å². The monoisotopic (exact) mass is 421 g/mol. The molecule has 0 saturated carbocycles. The van der Waals surface area contributed by atoms with Crippen molar-refractivity contribution < 1.29 is 19.1 Å². The maximum absolute atomic E-state index is 12.3. The van der Waals surface area contributed by atoms with Gasteiger partial charge in [0.05, 0.1) is 12.1 Å². The van der Waals surface area contributed by atoms with Crippen molar-refractivity contribution in [2.45, 2.75) is 6.42 Å². The quantitative estimate of drug-likeness (QED) is 0.592. The number of carbonyl (C=O) groups is 2. The highest BCUT2D eigenvalue weighted by molar-refractivity contribution is 7.14. The molecule has 152 valence electrons. The van der Waals surface area contributed by atoms with Gasteiger partial charge in [-0.3, -0.25) is 14.9 Å². The van der Waals surface area contributed by atoms with Gasteiger partial charge in [0, 0.05) is 23.2 Å². The molecule has 1 aliphatic rings. The van der Waals surface area contributed by atoms with Crippen LogP contribution in [0.4, 0.5) is 10.8 Å². The van der Waals surface area contributed by atoms with Crippen molar-refractivity contribution in [1.82, 2.24) is 4.98 Å². The largest absolute Gasteiger partial charge is 0.486 e. The summed E-state index contributed by atoms with van der Waals surface area (Å²) in [7, 11) is 0. The van der Waals surface area contributed by atoms with E-state index in [1.807, 2.05) is 30.3 Å². The Bertz CT molecular complexity index is 1080. The van der Waals surface area contributed by atoms with Gasteiger partial charge in [0.1, 0.15) is 13.2 Å². The Morgan fingerprint density at radius 1 is 1.03 bits per heavy atom. The Labute approximate surface area is 177 Å². The molecule has 1 aliphatic heterocycles. The molecule has 0 aliphatic carbocycles. The van der Waals surface area contributed by atoms with Crippen LogP contribution in [0.1, 0.15) is 11.3 Å². The number of hydrogen-bond donors (Lipinski definition) is 2. The normalized spacial score (nSPS) is 12.5. The lowest BCUT2D eigenvalue weighted by molar-refractivity contribution is -0.115. The first kappa shape index (κ1) is 19.7. The van der Waals surface area contributed by atoms with Crippen molar-refractivity contribution in [2.24, 2.45) is 0 Å². The van der Waals surface area contributed by atoms with Crippen LogP contribution in [-0.4, -0.2) is 30.0 Å². The summed E-state index contributed by atoms with van der Waals surface area (Å²) >= 11 is 1.27. The Hall–Kier alpha value is -3.65. The number of aromatic nitrogens is 1. The molecule has 0 fully saturated rings. The molecule has 0 bridgehead atoms. The summed E-state index contributed by atoms with van der Waals surface area (Å²) in [6.07, 6.45) is 3.27. The first-order valence-electron chi connectivity index (χ1n) is 9.34. The number of anilines is 2. The zero-order chi connectivity index (χ0) is 20.8. The van der Waals surface area contributed by atoms with Crippen molar-refractivity contribution >= 4 is 40.0 Å². The molecule has 30 heavy (non-hydrogen) atoms. The summed E-state index contributed by atoms with van der Waals surface area (Å²) < 4.78 is 11.0. The SMILES string of the molecule is O=C(/C=C/c1ccccc1)Nc1nc(CC(=O)Nc2ccc3c(c2)OCCO3)cs1. The van der Waals surface area contributed by atoms with E-state index in [-0.39, 0.29) is 18.2 Å². The minimum atomic E-state index is -0.277. The van der Waals surface area contributed by atoms with Crippen LogP contribution in [0.2, 0.25) is 0 Å². The zero-order valence-corrected chi connectivity index (χ0v) is 16.8. The minimum absolute atomic E-state index is 0.0979. The van der Waals surface area contributed by atoms with Crippen LogP contribution >= 0.6 is 11.3 Å². The van der Waals surface area contributed by atoms with Crippen molar-refractivity contribution in [1.29, 1.82) is 0 Å². The third-order valence-corrected chi connectivity index (χ3v) is 4.98. The predicted molar refractivity (Wildman–Crippen MR) is 116 cm³/mol. The lowest BCUT2D eigenvalue weighted by Crippen LogP contribution is -2.17. The summed E-state index contributed by atoms with van der Waals surface area (Å²) in [6, 6.07) is 14.8. The van der Waals surface area contributed by atoms with Crippen molar-refractivity contribution in [2.75, 3.05) is 23.8 Å². The summed E-state index contributed by atoms with van der Waals surface area (Å²) in [5.74, 6) is 0.793. The predicted octanol–water partition coefficient (Wildman–Crippen LogP) is 3.75. The summed E-state index contributed by atoms with van der Waals surface area (Å²) in [6.45, 7) is 1.00. The summed E-state index contributed by atoms with van der Waals surface area (Å²) in [5, 5.41) is 7.72. The standard InChI is InChI=1S/C22H19N3O4S/c26-20(9-6-15-4-2-1-3-5-15)25-22-24-17(14-30-22)13-21(27)23-16-7-8-18-19(12-16)29-11-10-28-18/h1-9,12,14H,10-11,13H2,(H,23,27)(H,24,25,26)/b9-6+. The Morgan fingerprint density at radius 2 is 1.83 bits per heavy atom. The fraction of sp³-hybridized carbons (Fsp3) is 0.136. The average Bonchev–Trinajstić information content (AvgIpc) is 3.19. The van der Waals surface area contributed by atoms with E-state index in [9.17, 15) is 9.59 Å². The molecule has 2 aromatic carbocycles. The maximum atomic E-state index is 12.3. The lowest BCUT2D eigenvalue weighted by Gasteiger charge is -2.18. The molecule has 0 atom stereocenters. The van der Waals surface area contributed by atoms with Crippen LogP contribution in [0.3, 0.4) is 0 Å². The van der Waals surface area contributed by atoms with E-state index in [1.54, 1.807) is 29.7 Å². The lowest BCUT2D eigenvalue weighted by atomic mass is 10.2. The Kier molecular flexibility index (Phi) is 6.05. The molecule has 7 nitrogen and oxygen atoms in total. The molecule has 2 N–H and O–H groups in total. The molecule has 2 amide bonds. The molecule has 3 aromatic rings. The fourth-order valence-electron chi connectivity index (χ4n) is 2.82. The molecule has 2 heterocycles. The van der Waals surface area contributed by atoms with Gasteiger partial charge in [0.15, 0.2) is 16.6 Å². The van der Waals surface area contributed by atoms with E-state index in [1.165, 1.54) is 17.4 Å². The highest BCUT2D eigenvalue weighted by atomic mass is 32.1. The second kappa shape index (κ2) is 9.23. The number of rotatable bonds is 6. The average molecular weight is 421 g/mol. The summed E-state index contributed by atoms with van der Waals surface area (Å²) in [4.78, 5) is 28.7. The van der Waals surface area contributed by atoms with E-state index >= 15 is 0 Å². The number of benzene rings is 2. The Morgan fingerprint density at radius 3 is 2.67 bits per heavy atom. The van der Waals surface area contributed by atoms with Crippen LogP contribution < -0.4 is 20.1 Å². The van der Waals surface area contributed by atoms with Crippen LogP contribution in [0.5, 0.6) is 11.5 Å². The fourth-order valence-corrected chi connectivity index (χ4v) is 3.53. The Balaban J connectivity index is 1.30. The number of fused-ring (bicyclic) bond motifs is 1. The van der Waals surface area contributed by atoms with Gasteiger partial charge in [0.25, 0.3) is 0 Å². The third kappa shape index (κ3) is 5.24. The van der Waals surface area contributed by atoms with Gasteiger partial charge >= 0.3 is 0 Å². The van der Waals surface area contributed by atoms with E-state index < -0.39 is 0 Å². The minimum Gasteiger partial charge on any atom is -0.486 e. The van der Waals surface area contributed by atoms with Crippen LogP contribution in [0.25, 0.3) is 6.08 Å². The molecule has 0 spiro atoms. The zero-order valence-electron chi connectivity index (χ0n) is 16.0. The van der Waals surface area contributed by atoms with Crippen LogP contribution in [-0.2, 0) is 16.0 Å². The number of carbonyl (C=O) groups excluding carboxylic acids is 2. The second-order valence-corrected chi connectivity index (χ2v) is 7.32. The number of nitrogens with one attached hydrogen (secondary N) is 2. The maximum Gasteiger partial charge on any atom is 0.250 e.